The molecule has 120 valence electrons. The van der Waals surface area contributed by atoms with Gasteiger partial charge >= 0.3 is 0 Å². The smallest absolute Gasteiger partial charge is 0.147 e. The van der Waals surface area contributed by atoms with Gasteiger partial charge in [-0.15, -0.1) is 0 Å². The van der Waals surface area contributed by atoms with Gasteiger partial charge in [0.15, 0.2) is 0 Å². The molecule has 0 spiro atoms. The van der Waals surface area contributed by atoms with Crippen molar-refractivity contribution in [3.63, 3.8) is 0 Å². The number of nitrogens with zero attached hydrogens (tertiary/aromatic N) is 6. The fourth-order valence-corrected chi connectivity index (χ4v) is 3.77. The van der Waals surface area contributed by atoms with Crippen LogP contribution in [0.4, 0.5) is 5.69 Å². The Hall–Kier alpha value is -2.56. The molecule has 24 heavy (non-hydrogen) atoms. The van der Waals surface area contributed by atoms with Crippen LogP contribution in [0.15, 0.2) is 30.7 Å². The topological polar surface area (TPSA) is 68.9 Å². The van der Waals surface area contributed by atoms with Crippen LogP contribution >= 0.6 is 11.3 Å². The predicted molar refractivity (Wildman–Crippen MR) is 95.1 cm³/mol. The first-order valence-electron chi connectivity index (χ1n) is 7.79. The van der Waals surface area contributed by atoms with Gasteiger partial charge in [0, 0.05) is 31.7 Å². The van der Waals surface area contributed by atoms with Gasteiger partial charge in [-0.1, -0.05) is 11.3 Å². The molecule has 1 aromatic carbocycles. The van der Waals surface area contributed by atoms with E-state index in [9.17, 15) is 5.26 Å². The molecule has 3 heterocycles. The minimum Gasteiger partial charge on any atom is -0.368 e. The molecule has 0 bridgehead atoms. The first kappa shape index (κ1) is 15.0. The third-order valence-electron chi connectivity index (χ3n) is 4.28. The van der Waals surface area contributed by atoms with E-state index in [-0.39, 0.29) is 0 Å². The van der Waals surface area contributed by atoms with Gasteiger partial charge < -0.3 is 9.80 Å². The highest BCUT2D eigenvalue weighted by Crippen LogP contribution is 2.32. The van der Waals surface area contributed by atoms with Crippen LogP contribution in [0.5, 0.6) is 0 Å². The number of fused-ring (bicyclic) bond motifs is 1. The van der Waals surface area contributed by atoms with E-state index in [1.807, 2.05) is 18.2 Å². The molecule has 1 saturated heterocycles. The Balaban J connectivity index is 1.70. The summed E-state index contributed by atoms with van der Waals surface area (Å²) in [6.45, 7) is 3.93. The zero-order chi connectivity index (χ0) is 16.5. The van der Waals surface area contributed by atoms with Crippen LogP contribution in [-0.4, -0.2) is 53.1 Å². The Labute approximate surface area is 144 Å². The molecule has 0 amide bonds. The normalized spacial score (nSPS) is 15.6. The number of aromatic nitrogens is 3. The van der Waals surface area contributed by atoms with Crippen molar-refractivity contribution in [3.8, 4) is 16.6 Å². The molecule has 0 radical (unpaired) electrons. The molecule has 7 heteroatoms. The van der Waals surface area contributed by atoms with Crippen LogP contribution in [0, 0.1) is 11.3 Å². The van der Waals surface area contributed by atoms with E-state index < -0.39 is 0 Å². The number of hydrogen-bond acceptors (Lipinski definition) is 7. The average Bonchev–Trinajstić information content (AvgIpc) is 3.06. The van der Waals surface area contributed by atoms with Crippen molar-refractivity contribution in [2.75, 3.05) is 38.1 Å². The second-order valence-corrected chi connectivity index (χ2v) is 6.84. The van der Waals surface area contributed by atoms with Gasteiger partial charge in [0.05, 0.1) is 17.4 Å². The van der Waals surface area contributed by atoms with Crippen molar-refractivity contribution < 1.29 is 0 Å². The second-order valence-electron chi connectivity index (χ2n) is 5.87. The third-order valence-corrected chi connectivity index (χ3v) is 5.31. The lowest BCUT2D eigenvalue weighted by molar-refractivity contribution is 0.313. The number of anilines is 1. The van der Waals surface area contributed by atoms with E-state index in [1.165, 1.54) is 17.7 Å². The highest BCUT2D eigenvalue weighted by molar-refractivity contribution is 7.21. The molecule has 1 aliphatic rings. The summed E-state index contributed by atoms with van der Waals surface area (Å²) in [5.74, 6) is 0. The minimum atomic E-state index is 0.697. The van der Waals surface area contributed by atoms with E-state index in [2.05, 4.69) is 37.9 Å². The number of benzene rings is 1. The van der Waals surface area contributed by atoms with E-state index in [4.69, 9.17) is 0 Å². The minimum absolute atomic E-state index is 0.697. The summed E-state index contributed by atoms with van der Waals surface area (Å²) < 4.78 is 0. The number of piperazine rings is 1. The molecular weight excluding hydrogens is 320 g/mol. The molecule has 0 atom stereocenters. The maximum Gasteiger partial charge on any atom is 0.147 e. The summed E-state index contributed by atoms with van der Waals surface area (Å²) >= 11 is 1.52. The van der Waals surface area contributed by atoms with Crippen LogP contribution in [0.3, 0.4) is 0 Å². The monoisotopic (exact) mass is 336 g/mol. The number of likely N-dealkylation sites (N-methyl/N-ethyl adjacent to an activating group) is 1. The Morgan fingerprint density at radius 2 is 2.04 bits per heavy atom. The number of nitriles is 1. The molecule has 0 unspecified atom stereocenters. The largest absolute Gasteiger partial charge is 0.368 e. The lowest BCUT2D eigenvalue weighted by Crippen LogP contribution is -2.44. The van der Waals surface area contributed by atoms with E-state index in [0.29, 0.717) is 5.56 Å². The maximum absolute atomic E-state index is 9.59. The van der Waals surface area contributed by atoms with Gasteiger partial charge in [-0.2, -0.15) is 5.26 Å². The summed E-state index contributed by atoms with van der Waals surface area (Å²) in [6.07, 6.45) is 3.24. The average molecular weight is 336 g/mol. The molecule has 3 aromatic rings. The van der Waals surface area contributed by atoms with Gasteiger partial charge in [-0.3, -0.25) is 0 Å². The first-order chi connectivity index (χ1) is 11.7. The molecule has 1 aliphatic heterocycles. The number of hydrogen-bond donors (Lipinski definition) is 0. The Bertz CT molecular complexity index is 887. The Morgan fingerprint density at radius 3 is 2.79 bits per heavy atom. The lowest BCUT2D eigenvalue weighted by atomic mass is 10.1. The molecule has 6 nitrogen and oxygen atoms in total. The summed E-state index contributed by atoms with van der Waals surface area (Å²) in [5.41, 5.74) is 3.45. The third kappa shape index (κ3) is 2.70. The fraction of sp³-hybridized carbons (Fsp3) is 0.294. The Morgan fingerprint density at radius 1 is 1.21 bits per heavy atom. The van der Waals surface area contributed by atoms with Crippen molar-refractivity contribution in [1.29, 1.82) is 5.26 Å². The van der Waals surface area contributed by atoms with Gasteiger partial charge in [-0.25, -0.2) is 15.0 Å². The SMILES string of the molecule is CN1CCN(c2ccc(-c3nc4cncnc4s3)cc2C#N)CC1. The van der Waals surface area contributed by atoms with E-state index in [1.54, 1.807) is 6.20 Å². The summed E-state index contributed by atoms with van der Waals surface area (Å²) in [5, 5.41) is 10.5. The zero-order valence-corrected chi connectivity index (χ0v) is 14.1. The summed E-state index contributed by atoms with van der Waals surface area (Å²) in [6, 6.07) is 8.35. The molecule has 0 aliphatic carbocycles. The van der Waals surface area contributed by atoms with Crippen LogP contribution in [0.1, 0.15) is 5.56 Å². The van der Waals surface area contributed by atoms with Crippen molar-refractivity contribution in [3.05, 3.63) is 36.3 Å². The van der Waals surface area contributed by atoms with Crippen LogP contribution < -0.4 is 4.90 Å². The van der Waals surface area contributed by atoms with E-state index >= 15 is 0 Å². The molecule has 0 saturated carbocycles. The summed E-state index contributed by atoms with van der Waals surface area (Å²) in [4.78, 5) is 18.3. The van der Waals surface area contributed by atoms with Crippen molar-refractivity contribution >= 4 is 27.4 Å². The van der Waals surface area contributed by atoms with Gasteiger partial charge in [0.1, 0.15) is 27.8 Å². The molecule has 4 rings (SSSR count). The molecule has 2 aromatic heterocycles. The maximum atomic E-state index is 9.59. The zero-order valence-electron chi connectivity index (χ0n) is 13.3. The molecular formula is C17H16N6S. The van der Waals surface area contributed by atoms with Crippen molar-refractivity contribution in [1.82, 2.24) is 19.9 Å². The predicted octanol–water partition coefficient (Wildman–Crippen LogP) is 2.38. The highest BCUT2D eigenvalue weighted by atomic mass is 32.1. The van der Waals surface area contributed by atoms with E-state index in [0.717, 1.165) is 52.8 Å². The van der Waals surface area contributed by atoms with Crippen LogP contribution in [-0.2, 0) is 0 Å². The van der Waals surface area contributed by atoms with Crippen molar-refractivity contribution in [2.45, 2.75) is 0 Å². The summed E-state index contributed by atoms with van der Waals surface area (Å²) in [7, 11) is 2.13. The van der Waals surface area contributed by atoms with Gasteiger partial charge in [-0.05, 0) is 25.2 Å². The van der Waals surface area contributed by atoms with Crippen LogP contribution in [0.2, 0.25) is 0 Å². The first-order valence-corrected chi connectivity index (χ1v) is 8.61. The van der Waals surface area contributed by atoms with Gasteiger partial charge in [0.25, 0.3) is 0 Å². The quantitative estimate of drug-likeness (QED) is 0.716. The van der Waals surface area contributed by atoms with Crippen molar-refractivity contribution in [2.24, 2.45) is 0 Å². The Kier molecular flexibility index (Phi) is 3.84. The number of thiazole rings is 1. The standard InChI is InChI=1S/C17H16N6S/c1-22-4-6-23(7-5-22)15-3-2-12(8-13(15)9-18)16-21-14-10-19-11-20-17(14)24-16/h2-3,8,10-11H,4-7H2,1H3. The van der Waals surface area contributed by atoms with Crippen LogP contribution in [0.25, 0.3) is 20.9 Å². The number of rotatable bonds is 2. The molecule has 0 N–H and O–H groups in total. The lowest BCUT2D eigenvalue weighted by Gasteiger charge is -2.34. The highest BCUT2D eigenvalue weighted by Gasteiger charge is 2.18. The molecule has 1 fully saturated rings. The fourth-order valence-electron chi connectivity index (χ4n) is 2.90. The van der Waals surface area contributed by atoms with Gasteiger partial charge in [0.2, 0.25) is 0 Å². The second kappa shape index (κ2) is 6.15.